The van der Waals surface area contributed by atoms with Crippen LogP contribution in [0.5, 0.6) is 0 Å². The number of hydrogen-bond donors (Lipinski definition) is 0. The van der Waals surface area contributed by atoms with Crippen molar-refractivity contribution in [1.82, 2.24) is 18.3 Å². The molecule has 15 aromatic carbocycles. The number of para-hydroxylation sites is 5. The summed E-state index contributed by atoms with van der Waals surface area (Å²) in [6, 6.07) is 125. The summed E-state index contributed by atoms with van der Waals surface area (Å²) in [7, 11) is 0. The van der Waals surface area contributed by atoms with Gasteiger partial charge in [0.15, 0.2) is 0 Å². The summed E-state index contributed by atoms with van der Waals surface area (Å²) in [5.41, 5.74) is 24.4. The summed E-state index contributed by atoms with van der Waals surface area (Å²) in [5.74, 6) is 0. The second kappa shape index (κ2) is 22.8. The zero-order chi connectivity index (χ0) is 63.8. The van der Waals surface area contributed by atoms with Crippen LogP contribution in [0.2, 0.25) is 0 Å². The van der Waals surface area contributed by atoms with E-state index in [-0.39, 0.29) is 0 Å². The quantitative estimate of drug-likeness (QED) is 0.152. The fourth-order valence-electron chi connectivity index (χ4n) is 14.7. The molecule has 0 spiro atoms. The van der Waals surface area contributed by atoms with Crippen molar-refractivity contribution in [2.24, 2.45) is 0 Å². The molecule has 446 valence electrons. The molecule has 0 aliphatic rings. The third-order valence-corrected chi connectivity index (χ3v) is 19.3. The van der Waals surface area contributed by atoms with E-state index in [1.165, 1.54) is 93.3 Å². The first-order valence-corrected chi connectivity index (χ1v) is 32.4. The average Bonchev–Trinajstić information content (AvgIpc) is 1.71. The van der Waals surface area contributed by atoms with E-state index in [0.717, 1.165) is 72.0 Å². The number of hydrogen-bond acceptors (Lipinski definition) is 2. The Balaban J connectivity index is 0.000000141. The van der Waals surface area contributed by atoms with E-state index in [1.807, 2.05) is 30.3 Å². The average molecular weight is 1220 g/mol. The number of nitriles is 2. The highest BCUT2D eigenvalue weighted by Crippen LogP contribution is 2.42. The third-order valence-electron chi connectivity index (χ3n) is 19.3. The highest BCUT2D eigenvalue weighted by Gasteiger charge is 2.19. The number of fused-ring (bicyclic) bond motifs is 13. The van der Waals surface area contributed by atoms with E-state index in [1.54, 1.807) is 0 Å². The van der Waals surface area contributed by atoms with Crippen molar-refractivity contribution in [3.05, 3.63) is 351 Å². The molecule has 0 fully saturated rings. The van der Waals surface area contributed by atoms with Gasteiger partial charge >= 0.3 is 0 Å². The summed E-state index contributed by atoms with van der Waals surface area (Å²) >= 11 is 0. The Kier molecular flexibility index (Phi) is 13.2. The van der Waals surface area contributed by atoms with Crippen molar-refractivity contribution in [3.63, 3.8) is 0 Å². The van der Waals surface area contributed by atoms with Crippen molar-refractivity contribution in [2.75, 3.05) is 0 Å². The van der Waals surface area contributed by atoms with Crippen molar-refractivity contribution in [2.45, 2.75) is 0 Å². The van der Waals surface area contributed by atoms with Gasteiger partial charge in [0.05, 0.1) is 67.4 Å². The number of aromatic nitrogens is 4. The van der Waals surface area contributed by atoms with Crippen LogP contribution in [-0.2, 0) is 0 Å². The van der Waals surface area contributed by atoms with Crippen molar-refractivity contribution >= 4 is 98.0 Å². The van der Waals surface area contributed by atoms with Crippen LogP contribution < -0.4 is 0 Å². The summed E-state index contributed by atoms with van der Waals surface area (Å²) in [5, 5.41) is 31.3. The molecule has 6 nitrogen and oxygen atoms in total. The van der Waals surface area contributed by atoms with Crippen LogP contribution in [0.1, 0.15) is 11.1 Å². The van der Waals surface area contributed by atoms with Gasteiger partial charge in [-0.25, -0.2) is 0 Å². The number of benzene rings is 15. The first kappa shape index (κ1) is 55.6. The topological polar surface area (TPSA) is 67.3 Å². The first-order valence-electron chi connectivity index (χ1n) is 32.4. The van der Waals surface area contributed by atoms with E-state index >= 15 is 0 Å². The molecule has 0 aliphatic heterocycles. The van der Waals surface area contributed by atoms with Gasteiger partial charge in [-0.05, 0) is 195 Å². The lowest BCUT2D eigenvalue weighted by Gasteiger charge is -2.10. The molecule has 0 atom stereocenters. The Labute approximate surface area is 553 Å². The second-order valence-corrected chi connectivity index (χ2v) is 24.7. The SMILES string of the molecule is N#Cc1ccc2c(c1)c1cc(-c3ccc(-c4ccc5c(c4)c4ccccc4n5-c4ccccc4)cc3)ccc1n2-c1ccc2ccccc2c1.N#Cc1ccc2c3cc(-c4ccc(-c5ccc6c(c5)c5ccccc5n6-c5ccccc5)cc4)ccc3n(-c3ccccc3)c2c1. The minimum atomic E-state index is 0.658. The molecular formula is C90H56N6. The lowest BCUT2D eigenvalue weighted by molar-refractivity contribution is 1.18. The molecule has 0 unspecified atom stereocenters. The maximum atomic E-state index is 9.77. The van der Waals surface area contributed by atoms with Crippen LogP contribution in [0.4, 0.5) is 0 Å². The van der Waals surface area contributed by atoms with Gasteiger partial charge < -0.3 is 18.3 Å². The predicted octanol–water partition coefficient (Wildman–Crippen LogP) is 23.3. The molecule has 0 radical (unpaired) electrons. The Hall–Kier alpha value is -13.3. The molecule has 4 heterocycles. The second-order valence-electron chi connectivity index (χ2n) is 24.7. The molecule has 0 amide bonds. The van der Waals surface area contributed by atoms with E-state index < -0.39 is 0 Å². The number of rotatable bonds is 8. The van der Waals surface area contributed by atoms with Gasteiger partial charge in [-0.2, -0.15) is 10.5 Å². The van der Waals surface area contributed by atoms with Gasteiger partial charge in [0.25, 0.3) is 0 Å². The van der Waals surface area contributed by atoms with Crippen molar-refractivity contribution < 1.29 is 0 Å². The van der Waals surface area contributed by atoms with Gasteiger partial charge in [0.2, 0.25) is 0 Å². The van der Waals surface area contributed by atoms with Crippen molar-refractivity contribution in [1.29, 1.82) is 10.5 Å². The summed E-state index contributed by atoms with van der Waals surface area (Å²) in [4.78, 5) is 0. The molecule has 19 rings (SSSR count). The molecule has 96 heavy (non-hydrogen) atoms. The van der Waals surface area contributed by atoms with Gasteiger partial charge in [-0.3, -0.25) is 0 Å². The predicted molar refractivity (Wildman–Crippen MR) is 399 cm³/mol. The fourth-order valence-corrected chi connectivity index (χ4v) is 14.7. The Morgan fingerprint density at radius 3 is 0.917 bits per heavy atom. The molecule has 19 aromatic rings. The highest BCUT2D eigenvalue weighted by atomic mass is 15.0. The van der Waals surface area contributed by atoms with Gasteiger partial charge in [0.1, 0.15) is 0 Å². The molecule has 6 heteroatoms. The Morgan fingerprint density at radius 2 is 0.479 bits per heavy atom. The highest BCUT2D eigenvalue weighted by molar-refractivity contribution is 6.14. The zero-order valence-electron chi connectivity index (χ0n) is 52.0. The monoisotopic (exact) mass is 1220 g/mol. The third kappa shape index (κ3) is 9.32. The molecule has 0 bridgehead atoms. The van der Waals surface area contributed by atoms with Crippen LogP contribution in [-0.4, -0.2) is 18.3 Å². The molecular weight excluding hydrogens is 1170 g/mol. The van der Waals surface area contributed by atoms with E-state index in [4.69, 9.17) is 0 Å². The van der Waals surface area contributed by atoms with Crippen molar-refractivity contribution in [3.8, 4) is 79.4 Å². The van der Waals surface area contributed by atoms with Crippen LogP contribution in [0.15, 0.2) is 340 Å². The smallest absolute Gasteiger partial charge is 0.0992 e. The maximum absolute atomic E-state index is 9.77. The first-order chi connectivity index (χ1) is 47.5. The summed E-state index contributed by atoms with van der Waals surface area (Å²) < 4.78 is 9.27. The maximum Gasteiger partial charge on any atom is 0.0992 e. The molecule has 4 aromatic heterocycles. The molecule has 0 saturated heterocycles. The summed E-state index contributed by atoms with van der Waals surface area (Å²) in [6.45, 7) is 0. The minimum Gasteiger partial charge on any atom is -0.309 e. The molecule has 0 saturated carbocycles. The van der Waals surface area contributed by atoms with Crippen LogP contribution in [0, 0.1) is 22.7 Å². The Morgan fingerprint density at radius 1 is 0.177 bits per heavy atom. The van der Waals surface area contributed by atoms with Crippen LogP contribution in [0.3, 0.4) is 0 Å². The molecule has 0 aliphatic carbocycles. The standard InChI is InChI=1S/C47H29N3.C43H27N3/c48-30-31-14-23-45-41(26-31)43-29-37(21-25-47(43)50(45)39-22-19-32-8-4-5-9-35(32)27-39)34-17-15-33(16-18-34)36-20-24-46-42(28-36)40-12-6-7-13-44(40)49(46)38-10-2-1-3-11-38;44-28-29-15-22-37-39-27-33(21-24-42(39)46(43(37)25-29)35-11-5-2-6-12-35)31-18-16-30(17-19-31)32-20-23-41-38(26-32)36-13-7-8-14-40(36)45(41)34-9-3-1-4-10-34/h1-29H;1-27H. The van der Waals surface area contributed by atoms with Gasteiger partial charge in [-0.15, -0.1) is 0 Å². The van der Waals surface area contributed by atoms with E-state index in [9.17, 15) is 10.5 Å². The number of nitrogens with zero attached hydrogens (tertiary/aromatic N) is 6. The lowest BCUT2D eigenvalue weighted by atomic mass is 9.98. The largest absolute Gasteiger partial charge is 0.309 e. The normalized spacial score (nSPS) is 11.5. The lowest BCUT2D eigenvalue weighted by Crippen LogP contribution is -1.94. The summed E-state index contributed by atoms with van der Waals surface area (Å²) in [6.07, 6.45) is 0. The van der Waals surface area contributed by atoms with Gasteiger partial charge in [0, 0.05) is 65.8 Å². The van der Waals surface area contributed by atoms with Crippen LogP contribution >= 0.6 is 0 Å². The zero-order valence-corrected chi connectivity index (χ0v) is 52.0. The Bertz CT molecular complexity index is 6370. The fraction of sp³-hybridized carbons (Fsp3) is 0. The van der Waals surface area contributed by atoms with Crippen LogP contribution in [0.25, 0.3) is 165 Å². The minimum absolute atomic E-state index is 0.658. The van der Waals surface area contributed by atoms with E-state index in [2.05, 4.69) is 340 Å². The molecule has 0 N–H and O–H groups in total. The van der Waals surface area contributed by atoms with E-state index in [0.29, 0.717) is 11.1 Å². The van der Waals surface area contributed by atoms with Gasteiger partial charge in [-0.1, -0.05) is 200 Å².